The average Bonchev–Trinajstić information content (AvgIpc) is 2.61. The first-order valence-corrected chi connectivity index (χ1v) is 6.24. The Morgan fingerprint density at radius 1 is 1.40 bits per heavy atom. The van der Waals surface area contributed by atoms with E-state index in [-0.39, 0.29) is 1.43 Å². The lowest BCUT2D eigenvalue weighted by Crippen LogP contribution is -2.46. The average molecular weight is 215 g/mol. The molecule has 0 aromatic rings. The van der Waals surface area contributed by atoms with Crippen LogP contribution in [0.1, 0.15) is 28.6 Å². The van der Waals surface area contributed by atoms with Crippen LogP contribution in [0.25, 0.3) is 0 Å². The molecule has 3 nitrogen and oxygen atoms in total. The van der Waals surface area contributed by atoms with Gasteiger partial charge >= 0.3 is 0 Å². The Kier molecular flexibility index (Phi) is 5.03. The van der Waals surface area contributed by atoms with Gasteiger partial charge in [-0.05, 0) is 34.0 Å². The minimum atomic E-state index is 0. The second kappa shape index (κ2) is 5.83. The molecule has 15 heavy (non-hydrogen) atoms. The van der Waals surface area contributed by atoms with Crippen LogP contribution in [0.15, 0.2) is 0 Å². The maximum atomic E-state index is 3.60. The van der Waals surface area contributed by atoms with Crippen LogP contribution in [-0.4, -0.2) is 61.7 Å². The molecule has 0 amide bonds. The van der Waals surface area contributed by atoms with E-state index in [1.54, 1.807) is 0 Å². The highest BCUT2D eigenvalue weighted by molar-refractivity contribution is 4.95. The van der Waals surface area contributed by atoms with Crippen LogP contribution in [0.2, 0.25) is 0 Å². The van der Waals surface area contributed by atoms with E-state index >= 15 is 0 Å². The minimum absolute atomic E-state index is 0. The molecule has 1 rings (SSSR count). The zero-order valence-corrected chi connectivity index (χ0v) is 11.0. The fourth-order valence-corrected chi connectivity index (χ4v) is 2.42. The summed E-state index contributed by atoms with van der Waals surface area (Å²) in [4.78, 5) is 4.97. The van der Waals surface area contributed by atoms with Gasteiger partial charge in [-0.3, -0.25) is 4.90 Å². The molecule has 1 saturated heterocycles. The molecule has 0 aromatic carbocycles. The third-order valence-corrected chi connectivity index (χ3v) is 3.66. The molecule has 0 bridgehead atoms. The molecule has 0 aliphatic carbocycles. The van der Waals surface area contributed by atoms with E-state index in [0.29, 0.717) is 12.1 Å². The third kappa shape index (κ3) is 3.16. The highest BCUT2D eigenvalue weighted by atomic mass is 15.3. The van der Waals surface area contributed by atoms with Crippen LogP contribution in [0.4, 0.5) is 0 Å². The number of likely N-dealkylation sites (tertiary alicyclic amines) is 1. The smallest absolute Gasteiger partial charge is 0.0383 e. The van der Waals surface area contributed by atoms with E-state index in [4.69, 9.17) is 0 Å². The van der Waals surface area contributed by atoms with Gasteiger partial charge in [0, 0.05) is 32.6 Å². The molecule has 0 radical (unpaired) electrons. The first-order valence-electron chi connectivity index (χ1n) is 6.24. The van der Waals surface area contributed by atoms with E-state index in [1.807, 2.05) is 0 Å². The number of nitrogens with one attached hydrogen (secondary N) is 1. The first-order chi connectivity index (χ1) is 7.10. The molecule has 0 aromatic heterocycles. The van der Waals surface area contributed by atoms with Crippen molar-refractivity contribution in [3.8, 4) is 0 Å². The molecule has 3 heteroatoms. The second-order valence-corrected chi connectivity index (χ2v) is 4.91. The lowest BCUT2D eigenvalue weighted by Gasteiger charge is -2.25. The van der Waals surface area contributed by atoms with Crippen molar-refractivity contribution in [1.82, 2.24) is 15.1 Å². The Bertz CT molecular complexity index is 187. The monoisotopic (exact) mass is 215 g/mol. The Hall–Kier alpha value is -0.120. The number of nitrogens with zero attached hydrogens (tertiary/aromatic N) is 2. The number of rotatable bonds is 5. The zero-order chi connectivity index (χ0) is 11.4. The van der Waals surface area contributed by atoms with E-state index in [9.17, 15) is 0 Å². The summed E-state index contributed by atoms with van der Waals surface area (Å²) in [7, 11) is 4.38. The van der Waals surface area contributed by atoms with Crippen molar-refractivity contribution in [3.63, 3.8) is 0 Å². The Labute approximate surface area is 96.3 Å². The van der Waals surface area contributed by atoms with Gasteiger partial charge in [-0.2, -0.15) is 0 Å². The molecule has 3 atom stereocenters. The second-order valence-electron chi connectivity index (χ2n) is 4.91. The van der Waals surface area contributed by atoms with Crippen LogP contribution < -0.4 is 5.32 Å². The maximum absolute atomic E-state index is 3.60. The molecule has 1 aliphatic rings. The Morgan fingerprint density at radius 2 is 2.07 bits per heavy atom. The summed E-state index contributed by atoms with van der Waals surface area (Å²) >= 11 is 0. The van der Waals surface area contributed by atoms with Gasteiger partial charge in [-0.25, -0.2) is 0 Å². The molecular formula is C12H29N3. The molecule has 92 valence electrons. The van der Waals surface area contributed by atoms with Gasteiger partial charge in [-0.15, -0.1) is 0 Å². The zero-order valence-electron chi connectivity index (χ0n) is 11.0. The lowest BCUT2D eigenvalue weighted by molar-refractivity contribution is 0.221. The summed E-state index contributed by atoms with van der Waals surface area (Å²) in [6.45, 7) is 10.3. The van der Waals surface area contributed by atoms with E-state index in [1.165, 1.54) is 19.5 Å². The van der Waals surface area contributed by atoms with E-state index in [0.717, 1.165) is 12.6 Å². The molecular weight excluding hydrogens is 186 g/mol. The quantitative estimate of drug-likeness (QED) is 0.745. The predicted octanol–water partition coefficient (Wildman–Crippen LogP) is 1.25. The number of likely N-dealkylation sites (N-methyl/N-ethyl adjacent to an activating group) is 2. The van der Waals surface area contributed by atoms with Crippen LogP contribution in [0.5, 0.6) is 0 Å². The molecule has 0 saturated carbocycles. The van der Waals surface area contributed by atoms with Crippen molar-refractivity contribution in [2.24, 2.45) is 0 Å². The first kappa shape index (κ1) is 12.9. The highest BCUT2D eigenvalue weighted by Crippen LogP contribution is 2.18. The fraction of sp³-hybridized carbons (Fsp3) is 1.00. The number of hydrogen-bond acceptors (Lipinski definition) is 3. The van der Waals surface area contributed by atoms with Gasteiger partial charge < -0.3 is 10.2 Å². The SMILES string of the molecule is CCNC1CN(C(C)CC)CC1N(C)C.[HH]. The largest absolute Gasteiger partial charge is 0.311 e. The summed E-state index contributed by atoms with van der Waals surface area (Å²) in [6, 6.07) is 2.02. The van der Waals surface area contributed by atoms with Gasteiger partial charge in [0.15, 0.2) is 0 Å². The van der Waals surface area contributed by atoms with Crippen molar-refractivity contribution in [2.75, 3.05) is 33.7 Å². The summed E-state index contributed by atoms with van der Waals surface area (Å²) in [5, 5.41) is 3.60. The third-order valence-electron chi connectivity index (χ3n) is 3.66. The van der Waals surface area contributed by atoms with Crippen molar-refractivity contribution >= 4 is 0 Å². The summed E-state index contributed by atoms with van der Waals surface area (Å²) in [6.07, 6.45) is 1.25. The van der Waals surface area contributed by atoms with Gasteiger partial charge in [0.25, 0.3) is 0 Å². The van der Waals surface area contributed by atoms with E-state index in [2.05, 4.69) is 50.0 Å². The van der Waals surface area contributed by atoms with Gasteiger partial charge in [0.05, 0.1) is 0 Å². The lowest BCUT2D eigenvalue weighted by atomic mass is 10.1. The van der Waals surface area contributed by atoms with Crippen LogP contribution in [-0.2, 0) is 0 Å². The van der Waals surface area contributed by atoms with Gasteiger partial charge in [-0.1, -0.05) is 13.8 Å². The van der Waals surface area contributed by atoms with Crippen molar-refractivity contribution in [3.05, 3.63) is 0 Å². The minimum Gasteiger partial charge on any atom is -0.311 e. The standard InChI is InChI=1S/C12H27N3.H2/c1-6-10(3)15-8-11(13-7-2)12(9-15)14(4)5;/h10-13H,6-9H2,1-5H3;1H. The van der Waals surface area contributed by atoms with Crippen LogP contribution in [0.3, 0.4) is 0 Å². The normalized spacial score (nSPS) is 30.0. The summed E-state index contributed by atoms with van der Waals surface area (Å²) < 4.78 is 0. The van der Waals surface area contributed by atoms with Gasteiger partial charge in [0.1, 0.15) is 0 Å². The van der Waals surface area contributed by atoms with Gasteiger partial charge in [0.2, 0.25) is 0 Å². The van der Waals surface area contributed by atoms with Crippen molar-refractivity contribution < 1.29 is 1.43 Å². The maximum Gasteiger partial charge on any atom is 0.0383 e. The molecule has 1 N–H and O–H groups in total. The van der Waals surface area contributed by atoms with Crippen molar-refractivity contribution in [1.29, 1.82) is 0 Å². The Balaban J connectivity index is 0.00000225. The molecule has 1 heterocycles. The summed E-state index contributed by atoms with van der Waals surface area (Å²) in [5.41, 5.74) is 0. The molecule has 0 spiro atoms. The molecule has 1 aliphatic heterocycles. The van der Waals surface area contributed by atoms with Crippen molar-refractivity contribution in [2.45, 2.75) is 45.3 Å². The van der Waals surface area contributed by atoms with E-state index < -0.39 is 0 Å². The molecule has 3 unspecified atom stereocenters. The van der Waals surface area contributed by atoms with Crippen LogP contribution in [0, 0.1) is 0 Å². The predicted molar refractivity (Wildman–Crippen MR) is 68.4 cm³/mol. The number of hydrogen-bond donors (Lipinski definition) is 1. The topological polar surface area (TPSA) is 18.5 Å². The highest BCUT2D eigenvalue weighted by Gasteiger charge is 2.34. The summed E-state index contributed by atoms with van der Waals surface area (Å²) in [5.74, 6) is 0. The molecule has 1 fully saturated rings. The fourth-order valence-electron chi connectivity index (χ4n) is 2.42. The Morgan fingerprint density at radius 3 is 2.53 bits per heavy atom. The van der Waals surface area contributed by atoms with Crippen LogP contribution >= 0.6 is 0 Å².